The lowest BCUT2D eigenvalue weighted by Crippen LogP contribution is -2.70. The molecule has 3 aromatic heterocycles. The minimum Gasteiger partial charge on any atom is -0.444 e. The number of alkyl halides is 2. The van der Waals surface area contributed by atoms with E-state index in [0.717, 1.165) is 26.5 Å². The normalized spacial score (nSPS) is 19.9. The van der Waals surface area contributed by atoms with Crippen molar-refractivity contribution in [1.29, 1.82) is 0 Å². The van der Waals surface area contributed by atoms with Crippen LogP contribution in [0.2, 0.25) is 0 Å². The number of aromatic nitrogens is 4. The summed E-state index contributed by atoms with van der Waals surface area (Å²) < 4.78 is 54.5. The Balaban J connectivity index is 1.49. The molecule has 3 fully saturated rings. The van der Waals surface area contributed by atoms with Crippen LogP contribution in [-0.4, -0.2) is 78.2 Å². The molecule has 0 radical (unpaired) electrons. The maximum atomic E-state index is 14.6. The van der Waals surface area contributed by atoms with Crippen molar-refractivity contribution in [2.45, 2.75) is 70.4 Å². The van der Waals surface area contributed by atoms with Crippen LogP contribution in [0.3, 0.4) is 0 Å². The molecule has 1 N–H and O–H groups in total. The first-order chi connectivity index (χ1) is 17.6. The summed E-state index contributed by atoms with van der Waals surface area (Å²) in [6.07, 6.45) is -2.47. The number of nitrogens with zero attached hydrogens (tertiary/aromatic N) is 6. The fraction of sp³-hybridized carbons (Fsp3) is 0.520. The molecule has 6 rings (SSSR count). The van der Waals surface area contributed by atoms with Gasteiger partial charge < -0.3 is 19.5 Å². The molecule has 3 aliphatic rings. The maximum absolute atomic E-state index is 14.6. The van der Waals surface area contributed by atoms with Crippen LogP contribution in [0.25, 0.3) is 17.0 Å². The van der Waals surface area contributed by atoms with Gasteiger partial charge in [-0.1, -0.05) is 0 Å². The highest BCUT2D eigenvalue weighted by atomic mass is 19.3. The number of aliphatic hydroxyl groups is 1. The van der Waals surface area contributed by atoms with Crippen LogP contribution in [0.5, 0.6) is 5.75 Å². The van der Waals surface area contributed by atoms with Gasteiger partial charge in [0.2, 0.25) is 11.6 Å². The van der Waals surface area contributed by atoms with E-state index in [4.69, 9.17) is 9.47 Å². The summed E-state index contributed by atoms with van der Waals surface area (Å²) in [5, 5.41) is 14.5. The average Bonchev–Trinajstić information content (AvgIpc) is 3.24. The number of fused-ring (bicyclic) bond motifs is 3. The molecule has 1 amide bonds. The summed E-state index contributed by atoms with van der Waals surface area (Å²) >= 11 is 0. The van der Waals surface area contributed by atoms with E-state index in [1.54, 1.807) is 4.90 Å². The van der Waals surface area contributed by atoms with Crippen molar-refractivity contribution in [3.05, 3.63) is 36.3 Å². The monoisotopic (exact) mass is 534 g/mol. The van der Waals surface area contributed by atoms with Crippen molar-refractivity contribution in [2.75, 3.05) is 18.0 Å². The van der Waals surface area contributed by atoms with Gasteiger partial charge in [0, 0.05) is 13.1 Å². The van der Waals surface area contributed by atoms with Gasteiger partial charge in [0.1, 0.15) is 11.4 Å². The van der Waals surface area contributed by atoms with Crippen LogP contribution in [0, 0.1) is 5.82 Å². The molecule has 204 valence electrons. The quantitative estimate of drug-likeness (QED) is 0.526. The van der Waals surface area contributed by atoms with E-state index in [9.17, 15) is 23.1 Å². The number of amides is 1. The molecule has 38 heavy (non-hydrogen) atoms. The lowest BCUT2D eigenvalue weighted by molar-refractivity contribution is -0.275. The van der Waals surface area contributed by atoms with Crippen LogP contribution < -0.4 is 9.64 Å². The molecule has 0 spiro atoms. The van der Waals surface area contributed by atoms with Crippen molar-refractivity contribution in [3.63, 3.8) is 0 Å². The van der Waals surface area contributed by atoms with Gasteiger partial charge in [-0.3, -0.25) is 9.88 Å². The summed E-state index contributed by atoms with van der Waals surface area (Å²) in [5.74, 6) is -0.593. The van der Waals surface area contributed by atoms with Gasteiger partial charge in [0.05, 0.1) is 29.7 Å². The first-order valence-corrected chi connectivity index (χ1v) is 12.2. The molecule has 3 aromatic rings. The highest BCUT2D eigenvalue weighted by Gasteiger charge is 2.50. The molecule has 0 aromatic carbocycles. The molecule has 0 saturated carbocycles. The zero-order chi connectivity index (χ0) is 27.6. The van der Waals surface area contributed by atoms with Crippen LogP contribution in [0.15, 0.2) is 30.5 Å². The van der Waals surface area contributed by atoms with Gasteiger partial charge in [0.15, 0.2) is 11.4 Å². The lowest BCUT2D eigenvalue weighted by Gasteiger charge is -2.55. The molecule has 3 aliphatic heterocycles. The highest BCUT2D eigenvalue weighted by molar-refractivity contribution is 5.71. The number of halogens is 3. The van der Waals surface area contributed by atoms with Gasteiger partial charge in [0.25, 0.3) is 0 Å². The molecule has 13 heteroatoms. The van der Waals surface area contributed by atoms with Crippen molar-refractivity contribution >= 4 is 17.7 Å². The third-order valence-corrected chi connectivity index (χ3v) is 6.46. The summed E-state index contributed by atoms with van der Waals surface area (Å²) in [5.41, 5.74) is -2.41. The van der Waals surface area contributed by atoms with E-state index in [0.29, 0.717) is 24.5 Å². The van der Waals surface area contributed by atoms with Gasteiger partial charge in [-0.2, -0.15) is 13.8 Å². The topological polar surface area (TPSA) is 105 Å². The van der Waals surface area contributed by atoms with E-state index in [-0.39, 0.29) is 35.5 Å². The molecule has 2 atom stereocenters. The smallest absolute Gasteiger partial charge is 0.426 e. The Bertz CT molecular complexity index is 1350. The maximum Gasteiger partial charge on any atom is 0.426 e. The zero-order valence-electron chi connectivity index (χ0n) is 21.7. The molecular weight excluding hydrogens is 505 g/mol. The number of carbonyl (C=O) groups is 1. The predicted molar refractivity (Wildman–Crippen MR) is 131 cm³/mol. The number of carbonyl (C=O) groups excluding carboxylic acids is 1. The number of piperidine rings is 1. The van der Waals surface area contributed by atoms with Crippen LogP contribution in [0.4, 0.5) is 23.9 Å². The molecule has 2 unspecified atom stereocenters. The molecule has 10 nitrogen and oxygen atoms in total. The Morgan fingerprint density at radius 1 is 1.08 bits per heavy atom. The second-order valence-electron chi connectivity index (χ2n) is 11.1. The minimum atomic E-state index is -3.93. The lowest BCUT2D eigenvalue weighted by atomic mass is 9.88. The Morgan fingerprint density at radius 3 is 2.34 bits per heavy atom. The Kier molecular flexibility index (Phi) is 5.97. The Morgan fingerprint density at radius 2 is 1.76 bits per heavy atom. The predicted octanol–water partition coefficient (Wildman–Crippen LogP) is 3.87. The standard InChI is InChI=1S/C25H29F3N6O4/c1-23(2,3)38-22(35)33-15-10-16(33)13-32(12-15)21-30-20-19(37-25(27,28)24(4,5)36)9-8-18(34(20)31-21)17-7-6-14(26)11-29-17/h6-9,11,15-16,36H,10,12-13H2,1-5H3. The third-order valence-electron chi connectivity index (χ3n) is 6.46. The SMILES string of the molecule is CC(C)(C)OC(=O)N1C2CC1CN(c1nc3c(OC(F)(F)C(C)(C)O)ccc(-c4ccc(F)cn4)n3n1)C2. The molecule has 3 saturated heterocycles. The summed E-state index contributed by atoms with van der Waals surface area (Å²) in [7, 11) is 0. The third kappa shape index (κ3) is 4.70. The second-order valence-corrected chi connectivity index (χ2v) is 11.1. The van der Waals surface area contributed by atoms with Gasteiger partial charge in [-0.25, -0.2) is 13.7 Å². The zero-order valence-corrected chi connectivity index (χ0v) is 21.7. The second kappa shape index (κ2) is 8.72. The van der Waals surface area contributed by atoms with Crippen molar-refractivity contribution in [3.8, 4) is 17.1 Å². The van der Waals surface area contributed by atoms with Crippen LogP contribution in [0.1, 0.15) is 41.0 Å². The average molecular weight is 535 g/mol. The minimum absolute atomic E-state index is 0.0317. The fourth-order valence-corrected chi connectivity index (χ4v) is 4.51. The van der Waals surface area contributed by atoms with Crippen molar-refractivity contribution in [2.24, 2.45) is 0 Å². The number of hydrogen-bond acceptors (Lipinski definition) is 8. The van der Waals surface area contributed by atoms with Crippen molar-refractivity contribution in [1.82, 2.24) is 24.5 Å². The number of rotatable bonds is 5. The van der Waals surface area contributed by atoms with E-state index in [1.165, 1.54) is 28.8 Å². The fourth-order valence-electron chi connectivity index (χ4n) is 4.51. The van der Waals surface area contributed by atoms with Crippen LogP contribution >= 0.6 is 0 Å². The van der Waals surface area contributed by atoms with E-state index < -0.39 is 23.1 Å². The molecule has 2 bridgehead atoms. The van der Waals surface area contributed by atoms with E-state index in [2.05, 4.69) is 15.1 Å². The largest absolute Gasteiger partial charge is 0.444 e. The molecule has 6 heterocycles. The van der Waals surface area contributed by atoms with Gasteiger partial charge in [-0.05, 0) is 65.3 Å². The highest BCUT2D eigenvalue weighted by Crippen LogP contribution is 2.38. The number of ether oxygens (including phenoxy) is 2. The number of hydrogen-bond donors (Lipinski definition) is 1. The first-order valence-electron chi connectivity index (χ1n) is 12.2. The Hall–Kier alpha value is -3.61. The molecule has 0 aliphatic carbocycles. The van der Waals surface area contributed by atoms with E-state index in [1.807, 2.05) is 25.7 Å². The summed E-state index contributed by atoms with van der Waals surface area (Å²) in [6, 6.07) is 5.19. The Labute approximate surface area is 217 Å². The summed E-state index contributed by atoms with van der Waals surface area (Å²) in [4.78, 5) is 24.8. The molecular formula is C25H29F3N6O4. The number of anilines is 1. The van der Waals surface area contributed by atoms with E-state index >= 15 is 0 Å². The van der Waals surface area contributed by atoms with Crippen LogP contribution in [-0.2, 0) is 4.74 Å². The summed E-state index contributed by atoms with van der Waals surface area (Å²) in [6.45, 7) is 8.14. The number of pyridine rings is 2. The first kappa shape index (κ1) is 26.0. The van der Waals surface area contributed by atoms with Gasteiger partial charge >= 0.3 is 12.2 Å². The van der Waals surface area contributed by atoms with Gasteiger partial charge in [-0.15, -0.1) is 5.10 Å². The van der Waals surface area contributed by atoms with Crippen molar-refractivity contribution < 1.29 is 32.5 Å². The number of piperazine rings is 1.